The van der Waals surface area contributed by atoms with Gasteiger partial charge in [-0.25, -0.2) is 0 Å². The molecule has 0 spiro atoms. The zero-order valence-electron chi connectivity index (χ0n) is 11.6. The molecule has 1 amide bonds. The number of rotatable bonds is 2. The molecule has 0 saturated heterocycles. The highest BCUT2D eigenvalue weighted by atomic mass is 16.2. The largest absolute Gasteiger partial charge is 0.395 e. The summed E-state index contributed by atoms with van der Waals surface area (Å²) in [5, 5.41) is 4.17. The topological polar surface area (TPSA) is 64.2 Å². The summed E-state index contributed by atoms with van der Waals surface area (Å²) in [4.78, 5) is 14.0. The Hall–Kier alpha value is -2.30. The SMILES string of the molecule is Cc1ccc(N(C)C(=O)c2c(N)c(C)nn2C)cc1. The average molecular weight is 258 g/mol. The lowest BCUT2D eigenvalue weighted by molar-refractivity contribution is 0.0985. The van der Waals surface area contributed by atoms with Crippen molar-refractivity contribution in [3.05, 3.63) is 41.2 Å². The molecule has 0 saturated carbocycles. The lowest BCUT2D eigenvalue weighted by Crippen LogP contribution is -2.28. The molecule has 2 N–H and O–H groups in total. The van der Waals surface area contributed by atoms with Crippen LogP contribution in [0.5, 0.6) is 0 Å². The Balaban J connectivity index is 2.36. The standard InChI is InChI=1S/C14H18N4O/c1-9-5-7-11(8-6-9)17(3)14(19)13-12(15)10(2)16-18(13)4/h5-8H,15H2,1-4H3. The number of nitrogens with two attached hydrogens (primary N) is 1. The van der Waals surface area contributed by atoms with Gasteiger partial charge in [0.15, 0.2) is 0 Å². The third-order valence-corrected chi connectivity index (χ3v) is 3.20. The minimum atomic E-state index is -0.163. The summed E-state index contributed by atoms with van der Waals surface area (Å²) >= 11 is 0. The first-order valence-electron chi connectivity index (χ1n) is 6.05. The highest BCUT2D eigenvalue weighted by Crippen LogP contribution is 2.21. The minimum absolute atomic E-state index is 0.163. The van der Waals surface area contributed by atoms with Gasteiger partial charge < -0.3 is 10.6 Å². The van der Waals surface area contributed by atoms with Crippen molar-refractivity contribution in [2.24, 2.45) is 7.05 Å². The Labute approximate surface area is 112 Å². The molecule has 19 heavy (non-hydrogen) atoms. The van der Waals surface area contributed by atoms with Gasteiger partial charge in [0.1, 0.15) is 5.69 Å². The molecular formula is C14H18N4O. The van der Waals surface area contributed by atoms with Gasteiger partial charge in [0.2, 0.25) is 0 Å². The number of hydrogen-bond acceptors (Lipinski definition) is 3. The molecule has 0 aliphatic heterocycles. The van der Waals surface area contributed by atoms with Crippen LogP contribution in [0.3, 0.4) is 0 Å². The Morgan fingerprint density at radius 2 is 1.84 bits per heavy atom. The fourth-order valence-corrected chi connectivity index (χ4v) is 1.97. The van der Waals surface area contributed by atoms with Crippen molar-refractivity contribution >= 4 is 17.3 Å². The number of benzene rings is 1. The predicted molar refractivity (Wildman–Crippen MR) is 76.3 cm³/mol. The van der Waals surface area contributed by atoms with Crippen LogP contribution in [-0.4, -0.2) is 22.7 Å². The maximum atomic E-state index is 12.5. The molecule has 0 bridgehead atoms. The first-order valence-corrected chi connectivity index (χ1v) is 6.05. The summed E-state index contributed by atoms with van der Waals surface area (Å²) in [7, 11) is 3.45. The summed E-state index contributed by atoms with van der Waals surface area (Å²) in [6.45, 7) is 3.80. The van der Waals surface area contributed by atoms with Gasteiger partial charge in [-0.15, -0.1) is 0 Å². The first kappa shape index (κ1) is 13.1. The van der Waals surface area contributed by atoms with E-state index in [4.69, 9.17) is 5.73 Å². The molecule has 5 heteroatoms. The fourth-order valence-electron chi connectivity index (χ4n) is 1.97. The van der Waals surface area contributed by atoms with E-state index in [2.05, 4.69) is 5.10 Å². The van der Waals surface area contributed by atoms with E-state index in [1.807, 2.05) is 31.2 Å². The predicted octanol–water partition coefficient (Wildman–Crippen LogP) is 1.90. The molecule has 0 aliphatic carbocycles. The Morgan fingerprint density at radius 3 is 2.32 bits per heavy atom. The number of amides is 1. The minimum Gasteiger partial charge on any atom is -0.395 e. The molecule has 0 unspecified atom stereocenters. The van der Waals surface area contributed by atoms with E-state index in [0.29, 0.717) is 17.1 Å². The summed E-state index contributed by atoms with van der Waals surface area (Å²) < 4.78 is 1.53. The average Bonchev–Trinajstić information content (AvgIpc) is 2.62. The highest BCUT2D eigenvalue weighted by molar-refractivity contribution is 6.08. The lowest BCUT2D eigenvalue weighted by atomic mass is 10.2. The smallest absolute Gasteiger partial charge is 0.278 e. The van der Waals surface area contributed by atoms with Crippen LogP contribution in [0.2, 0.25) is 0 Å². The number of hydrogen-bond donors (Lipinski definition) is 1. The second-order valence-corrected chi connectivity index (χ2v) is 4.67. The molecule has 100 valence electrons. The Morgan fingerprint density at radius 1 is 1.26 bits per heavy atom. The van der Waals surface area contributed by atoms with Crippen molar-refractivity contribution < 1.29 is 4.79 Å². The quantitative estimate of drug-likeness (QED) is 0.894. The third-order valence-electron chi connectivity index (χ3n) is 3.20. The molecule has 1 heterocycles. The monoisotopic (exact) mass is 258 g/mol. The van der Waals surface area contributed by atoms with E-state index >= 15 is 0 Å². The van der Waals surface area contributed by atoms with Crippen molar-refractivity contribution in [2.45, 2.75) is 13.8 Å². The summed E-state index contributed by atoms with van der Waals surface area (Å²) in [6, 6.07) is 7.76. The van der Waals surface area contributed by atoms with E-state index < -0.39 is 0 Å². The molecule has 0 aliphatic rings. The van der Waals surface area contributed by atoms with Crippen molar-refractivity contribution in [1.82, 2.24) is 9.78 Å². The summed E-state index contributed by atoms with van der Waals surface area (Å²) in [6.07, 6.45) is 0. The van der Waals surface area contributed by atoms with E-state index in [0.717, 1.165) is 11.3 Å². The Kier molecular flexibility index (Phi) is 3.29. The van der Waals surface area contributed by atoms with Crippen LogP contribution in [0, 0.1) is 13.8 Å². The van der Waals surface area contributed by atoms with Crippen LogP contribution >= 0.6 is 0 Å². The van der Waals surface area contributed by atoms with Crippen LogP contribution in [0.15, 0.2) is 24.3 Å². The van der Waals surface area contributed by atoms with E-state index in [-0.39, 0.29) is 5.91 Å². The van der Waals surface area contributed by atoms with Gasteiger partial charge in [0, 0.05) is 19.8 Å². The molecule has 0 fully saturated rings. The van der Waals surface area contributed by atoms with Gasteiger partial charge in [-0.05, 0) is 26.0 Å². The number of carbonyl (C=O) groups excluding carboxylic acids is 1. The van der Waals surface area contributed by atoms with Crippen molar-refractivity contribution in [2.75, 3.05) is 17.7 Å². The molecule has 0 radical (unpaired) electrons. The van der Waals surface area contributed by atoms with Gasteiger partial charge in [-0.3, -0.25) is 9.48 Å². The second-order valence-electron chi connectivity index (χ2n) is 4.67. The van der Waals surface area contributed by atoms with Crippen LogP contribution in [0.25, 0.3) is 0 Å². The molecule has 1 aromatic heterocycles. The number of anilines is 2. The summed E-state index contributed by atoms with van der Waals surface area (Å²) in [5.41, 5.74) is 9.42. The fraction of sp³-hybridized carbons (Fsp3) is 0.286. The Bertz CT molecular complexity index is 613. The zero-order valence-corrected chi connectivity index (χ0v) is 11.6. The van der Waals surface area contributed by atoms with Crippen LogP contribution in [-0.2, 0) is 7.05 Å². The maximum Gasteiger partial charge on any atom is 0.278 e. The van der Waals surface area contributed by atoms with Gasteiger partial charge in [-0.2, -0.15) is 5.10 Å². The lowest BCUT2D eigenvalue weighted by Gasteiger charge is -2.18. The van der Waals surface area contributed by atoms with Gasteiger partial charge in [-0.1, -0.05) is 17.7 Å². The van der Waals surface area contributed by atoms with Crippen LogP contribution < -0.4 is 10.6 Å². The van der Waals surface area contributed by atoms with Crippen molar-refractivity contribution in [1.29, 1.82) is 0 Å². The molecular weight excluding hydrogens is 240 g/mol. The third kappa shape index (κ3) is 2.31. The van der Waals surface area contributed by atoms with Crippen LogP contribution in [0.4, 0.5) is 11.4 Å². The molecule has 2 aromatic rings. The number of carbonyl (C=O) groups is 1. The zero-order chi connectivity index (χ0) is 14.2. The van der Waals surface area contributed by atoms with E-state index in [9.17, 15) is 4.79 Å². The summed E-state index contributed by atoms with van der Waals surface area (Å²) in [5.74, 6) is -0.163. The van der Waals surface area contributed by atoms with E-state index in [1.165, 1.54) is 4.68 Å². The molecule has 1 aromatic carbocycles. The van der Waals surface area contributed by atoms with Gasteiger partial charge in [0.05, 0.1) is 11.4 Å². The number of nitrogen functional groups attached to an aromatic ring is 1. The molecule has 2 rings (SSSR count). The van der Waals surface area contributed by atoms with Gasteiger partial charge >= 0.3 is 0 Å². The van der Waals surface area contributed by atoms with Crippen molar-refractivity contribution in [3.8, 4) is 0 Å². The van der Waals surface area contributed by atoms with Crippen molar-refractivity contribution in [3.63, 3.8) is 0 Å². The van der Waals surface area contributed by atoms with E-state index in [1.54, 1.807) is 25.9 Å². The van der Waals surface area contributed by atoms with Crippen LogP contribution in [0.1, 0.15) is 21.7 Å². The maximum absolute atomic E-state index is 12.5. The number of nitrogens with zero attached hydrogens (tertiary/aromatic N) is 3. The second kappa shape index (κ2) is 4.76. The first-order chi connectivity index (χ1) is 8.91. The number of aromatic nitrogens is 2. The number of aryl methyl sites for hydroxylation is 3. The molecule has 0 atom stereocenters. The normalized spacial score (nSPS) is 10.5. The highest BCUT2D eigenvalue weighted by Gasteiger charge is 2.22. The van der Waals surface area contributed by atoms with Gasteiger partial charge in [0.25, 0.3) is 5.91 Å². The molecule has 5 nitrogen and oxygen atoms in total.